The largest absolute Gasteiger partial charge is 0.386 e. The molecule has 0 saturated heterocycles. The molecule has 80 valence electrons. The van der Waals surface area contributed by atoms with E-state index in [0.29, 0.717) is 6.61 Å². The van der Waals surface area contributed by atoms with Gasteiger partial charge in [-0.05, 0) is 18.4 Å². The molecule has 0 spiro atoms. The van der Waals surface area contributed by atoms with Crippen molar-refractivity contribution in [2.24, 2.45) is 0 Å². The van der Waals surface area contributed by atoms with Gasteiger partial charge in [-0.1, -0.05) is 42.5 Å². The van der Waals surface area contributed by atoms with Gasteiger partial charge >= 0.3 is 0 Å². The topological polar surface area (TPSA) is 29.5 Å². The number of benzene rings is 1. The zero-order chi connectivity index (χ0) is 10.5. The molecule has 1 aromatic rings. The summed E-state index contributed by atoms with van der Waals surface area (Å²) in [4.78, 5) is 0. The van der Waals surface area contributed by atoms with Crippen LogP contribution in [-0.2, 0) is 11.3 Å². The summed E-state index contributed by atoms with van der Waals surface area (Å²) in [5.41, 5.74) is 1.15. The Balaban J connectivity index is 1.85. The van der Waals surface area contributed by atoms with Crippen molar-refractivity contribution in [1.82, 2.24) is 0 Å². The third kappa shape index (κ3) is 2.91. The lowest BCUT2D eigenvalue weighted by Crippen LogP contribution is -2.29. The maximum atomic E-state index is 9.64. The Kier molecular flexibility index (Phi) is 3.54. The molecule has 2 nitrogen and oxygen atoms in total. The number of aliphatic hydroxyl groups is 1. The third-order valence-corrected chi connectivity index (χ3v) is 2.64. The van der Waals surface area contributed by atoms with Crippen LogP contribution < -0.4 is 0 Å². The van der Waals surface area contributed by atoms with E-state index in [2.05, 4.69) is 0 Å². The standard InChI is InChI=1S/C13H16O2/c14-12-8-4-5-9-13(12)15-10-11-6-2-1-3-7-11/h1-4,6-8,12-14H,5,9-10H2/t12-,13+/m1/s1. The molecule has 0 heterocycles. The highest BCUT2D eigenvalue weighted by atomic mass is 16.5. The van der Waals surface area contributed by atoms with Crippen LogP contribution >= 0.6 is 0 Å². The van der Waals surface area contributed by atoms with E-state index >= 15 is 0 Å². The Morgan fingerprint density at radius 3 is 2.80 bits per heavy atom. The lowest BCUT2D eigenvalue weighted by Gasteiger charge is -2.23. The molecule has 0 bridgehead atoms. The second kappa shape index (κ2) is 5.10. The van der Waals surface area contributed by atoms with E-state index in [9.17, 15) is 5.11 Å². The van der Waals surface area contributed by atoms with Crippen molar-refractivity contribution in [2.45, 2.75) is 31.7 Å². The molecule has 0 unspecified atom stereocenters. The minimum atomic E-state index is -0.442. The van der Waals surface area contributed by atoms with Crippen molar-refractivity contribution in [2.75, 3.05) is 0 Å². The number of aliphatic hydroxyl groups excluding tert-OH is 1. The predicted octanol–water partition coefficient (Wildman–Crippen LogP) is 2.28. The summed E-state index contributed by atoms with van der Waals surface area (Å²) < 4.78 is 5.68. The summed E-state index contributed by atoms with van der Waals surface area (Å²) >= 11 is 0. The summed E-state index contributed by atoms with van der Waals surface area (Å²) in [5, 5.41) is 9.64. The molecule has 1 aliphatic carbocycles. The van der Waals surface area contributed by atoms with Gasteiger partial charge in [0.1, 0.15) is 0 Å². The van der Waals surface area contributed by atoms with E-state index in [0.717, 1.165) is 18.4 Å². The monoisotopic (exact) mass is 204 g/mol. The SMILES string of the molecule is O[C@@H]1C=CCC[C@@H]1OCc1ccccc1. The molecule has 1 aromatic carbocycles. The number of hydrogen-bond acceptors (Lipinski definition) is 2. The molecule has 1 aliphatic rings. The van der Waals surface area contributed by atoms with E-state index < -0.39 is 6.10 Å². The van der Waals surface area contributed by atoms with Gasteiger partial charge in [0, 0.05) is 0 Å². The van der Waals surface area contributed by atoms with Crippen LogP contribution in [0.3, 0.4) is 0 Å². The zero-order valence-electron chi connectivity index (χ0n) is 8.67. The minimum Gasteiger partial charge on any atom is -0.386 e. The lowest BCUT2D eigenvalue weighted by molar-refractivity contribution is -0.0339. The quantitative estimate of drug-likeness (QED) is 0.765. The number of allylic oxidation sites excluding steroid dienone is 1. The molecule has 0 fully saturated rings. The molecular formula is C13H16O2. The molecule has 0 radical (unpaired) electrons. The summed E-state index contributed by atoms with van der Waals surface area (Å²) in [6.45, 7) is 0.580. The first-order chi connectivity index (χ1) is 7.36. The molecule has 2 heteroatoms. The molecular weight excluding hydrogens is 188 g/mol. The van der Waals surface area contributed by atoms with Crippen LogP contribution in [0.4, 0.5) is 0 Å². The fourth-order valence-corrected chi connectivity index (χ4v) is 1.75. The second-order valence-corrected chi connectivity index (χ2v) is 3.83. The van der Waals surface area contributed by atoms with Gasteiger partial charge in [0.2, 0.25) is 0 Å². The fraction of sp³-hybridized carbons (Fsp3) is 0.385. The summed E-state index contributed by atoms with van der Waals surface area (Å²) in [6, 6.07) is 10.0. The Bertz CT molecular complexity index is 319. The average Bonchev–Trinajstić information content (AvgIpc) is 2.29. The second-order valence-electron chi connectivity index (χ2n) is 3.83. The van der Waals surface area contributed by atoms with E-state index in [1.165, 1.54) is 0 Å². The van der Waals surface area contributed by atoms with E-state index in [-0.39, 0.29) is 6.10 Å². The van der Waals surface area contributed by atoms with Crippen molar-refractivity contribution in [3.63, 3.8) is 0 Å². The first kappa shape index (κ1) is 10.4. The first-order valence-electron chi connectivity index (χ1n) is 5.36. The highest BCUT2D eigenvalue weighted by Gasteiger charge is 2.19. The molecule has 0 aromatic heterocycles. The van der Waals surface area contributed by atoms with Crippen LogP contribution in [-0.4, -0.2) is 17.3 Å². The summed E-state index contributed by atoms with van der Waals surface area (Å²) in [6.07, 6.45) is 5.24. The van der Waals surface area contributed by atoms with Crippen LogP contribution in [0.15, 0.2) is 42.5 Å². The molecule has 1 N–H and O–H groups in total. The maximum absolute atomic E-state index is 9.64. The number of rotatable bonds is 3. The van der Waals surface area contributed by atoms with Gasteiger partial charge in [-0.3, -0.25) is 0 Å². The van der Waals surface area contributed by atoms with Gasteiger partial charge in [-0.2, -0.15) is 0 Å². The Labute approximate surface area is 90.2 Å². The van der Waals surface area contributed by atoms with E-state index in [4.69, 9.17) is 4.74 Å². The Hall–Kier alpha value is -1.12. The van der Waals surface area contributed by atoms with Gasteiger partial charge in [-0.15, -0.1) is 0 Å². The highest BCUT2D eigenvalue weighted by molar-refractivity contribution is 5.13. The Morgan fingerprint density at radius 2 is 2.07 bits per heavy atom. The smallest absolute Gasteiger partial charge is 0.0982 e. The number of ether oxygens (including phenoxy) is 1. The lowest BCUT2D eigenvalue weighted by atomic mass is 10.0. The fourth-order valence-electron chi connectivity index (χ4n) is 1.75. The highest BCUT2D eigenvalue weighted by Crippen LogP contribution is 2.16. The molecule has 0 saturated carbocycles. The van der Waals surface area contributed by atoms with Crippen molar-refractivity contribution in [3.05, 3.63) is 48.0 Å². The van der Waals surface area contributed by atoms with Crippen LogP contribution in [0.2, 0.25) is 0 Å². The van der Waals surface area contributed by atoms with Crippen molar-refractivity contribution < 1.29 is 9.84 Å². The van der Waals surface area contributed by atoms with E-state index in [1.807, 2.05) is 42.5 Å². The van der Waals surface area contributed by atoms with E-state index in [1.54, 1.807) is 0 Å². The zero-order valence-corrected chi connectivity index (χ0v) is 8.67. The molecule has 0 amide bonds. The summed E-state index contributed by atoms with van der Waals surface area (Å²) in [7, 11) is 0. The molecule has 15 heavy (non-hydrogen) atoms. The first-order valence-corrected chi connectivity index (χ1v) is 5.36. The third-order valence-electron chi connectivity index (χ3n) is 2.64. The Morgan fingerprint density at radius 1 is 1.27 bits per heavy atom. The van der Waals surface area contributed by atoms with Crippen LogP contribution in [0.25, 0.3) is 0 Å². The van der Waals surface area contributed by atoms with Gasteiger partial charge in [0.15, 0.2) is 0 Å². The van der Waals surface area contributed by atoms with Gasteiger partial charge in [0.25, 0.3) is 0 Å². The molecule has 0 aliphatic heterocycles. The van der Waals surface area contributed by atoms with Crippen molar-refractivity contribution in [3.8, 4) is 0 Å². The molecule has 2 rings (SSSR count). The van der Waals surface area contributed by atoms with Crippen LogP contribution in [0.5, 0.6) is 0 Å². The normalized spacial score (nSPS) is 25.4. The number of hydrogen-bond donors (Lipinski definition) is 1. The predicted molar refractivity (Wildman–Crippen MR) is 59.4 cm³/mol. The van der Waals surface area contributed by atoms with Gasteiger partial charge in [-0.25, -0.2) is 0 Å². The summed E-state index contributed by atoms with van der Waals surface area (Å²) in [5.74, 6) is 0. The van der Waals surface area contributed by atoms with Crippen molar-refractivity contribution >= 4 is 0 Å². The maximum Gasteiger partial charge on any atom is 0.0982 e. The van der Waals surface area contributed by atoms with Gasteiger partial charge in [0.05, 0.1) is 18.8 Å². The van der Waals surface area contributed by atoms with Crippen molar-refractivity contribution in [1.29, 1.82) is 0 Å². The molecule has 2 atom stereocenters. The van der Waals surface area contributed by atoms with Crippen LogP contribution in [0, 0.1) is 0 Å². The van der Waals surface area contributed by atoms with Gasteiger partial charge < -0.3 is 9.84 Å². The average molecular weight is 204 g/mol. The van der Waals surface area contributed by atoms with Crippen LogP contribution in [0.1, 0.15) is 18.4 Å². The minimum absolute atomic E-state index is 0.0461.